The van der Waals surface area contributed by atoms with E-state index in [1.807, 2.05) is 10.7 Å². The molecule has 1 aliphatic rings. The molecule has 1 aliphatic heterocycles. The molecule has 0 bridgehead atoms. The average molecular weight is 335 g/mol. The van der Waals surface area contributed by atoms with Gasteiger partial charge in [-0.15, -0.1) is 11.8 Å². The van der Waals surface area contributed by atoms with E-state index in [-0.39, 0.29) is 0 Å². The molecule has 24 heavy (non-hydrogen) atoms. The molecule has 1 unspecified atom stereocenters. The number of hydrogen-bond donors (Lipinski definition) is 1. The van der Waals surface area contributed by atoms with Crippen LogP contribution in [-0.4, -0.2) is 28.6 Å². The van der Waals surface area contributed by atoms with Crippen LogP contribution < -0.4 is 5.32 Å². The zero-order chi connectivity index (χ0) is 16.4. The highest BCUT2D eigenvalue weighted by Gasteiger charge is 2.12. The van der Waals surface area contributed by atoms with Crippen LogP contribution >= 0.6 is 11.8 Å². The summed E-state index contributed by atoms with van der Waals surface area (Å²) >= 11 is 1.69. The minimum Gasteiger partial charge on any atom is -0.311 e. The van der Waals surface area contributed by atoms with E-state index in [1.165, 1.54) is 23.8 Å². The Labute approximate surface area is 146 Å². The molecule has 2 heterocycles. The molecule has 4 rings (SSSR count). The predicted molar refractivity (Wildman–Crippen MR) is 103 cm³/mol. The van der Waals surface area contributed by atoms with Gasteiger partial charge in [-0.3, -0.25) is 0 Å². The van der Waals surface area contributed by atoms with Crippen LogP contribution in [0.5, 0.6) is 0 Å². The first-order chi connectivity index (χ1) is 11.8. The Morgan fingerprint density at radius 1 is 1.21 bits per heavy atom. The predicted octanol–water partition coefficient (Wildman–Crippen LogP) is 4.51. The number of hydrogen-bond acceptors (Lipinski definition) is 3. The average Bonchev–Trinajstić information content (AvgIpc) is 3.28. The van der Waals surface area contributed by atoms with Gasteiger partial charge in [-0.2, -0.15) is 5.10 Å². The molecule has 3 nitrogen and oxygen atoms in total. The van der Waals surface area contributed by atoms with Crippen molar-refractivity contribution in [2.24, 2.45) is 0 Å². The lowest BCUT2D eigenvalue weighted by molar-refractivity contribution is 0.730. The van der Waals surface area contributed by atoms with E-state index in [2.05, 4.69) is 66.2 Å². The van der Waals surface area contributed by atoms with Crippen LogP contribution in [0.15, 0.2) is 59.6 Å². The lowest BCUT2D eigenvalue weighted by Crippen LogP contribution is -2.17. The summed E-state index contributed by atoms with van der Waals surface area (Å²) in [7, 11) is 0. The molecular formula is C20H21N3S. The Kier molecular flexibility index (Phi) is 4.41. The van der Waals surface area contributed by atoms with Crippen molar-refractivity contribution in [3.05, 3.63) is 60.2 Å². The SMILES string of the molecule is CSc1nn(-c2ccccc2)c2cc(/C=C/C3CCCN3)ccc12. The Morgan fingerprint density at radius 2 is 2.08 bits per heavy atom. The fraction of sp³-hybridized carbons (Fsp3) is 0.250. The Morgan fingerprint density at radius 3 is 2.83 bits per heavy atom. The summed E-state index contributed by atoms with van der Waals surface area (Å²) in [5, 5.41) is 10.6. The second-order valence-electron chi connectivity index (χ2n) is 6.10. The zero-order valence-electron chi connectivity index (χ0n) is 13.8. The maximum atomic E-state index is 4.80. The summed E-state index contributed by atoms with van der Waals surface area (Å²) in [5.74, 6) is 0. The van der Waals surface area contributed by atoms with Crippen LogP contribution in [0.2, 0.25) is 0 Å². The minimum absolute atomic E-state index is 0.515. The molecule has 122 valence electrons. The Hall–Kier alpha value is -2.04. The fourth-order valence-corrected chi connectivity index (χ4v) is 3.78. The van der Waals surface area contributed by atoms with Crippen LogP contribution in [0.3, 0.4) is 0 Å². The highest BCUT2D eigenvalue weighted by molar-refractivity contribution is 7.98. The maximum absolute atomic E-state index is 4.80. The van der Waals surface area contributed by atoms with Gasteiger partial charge >= 0.3 is 0 Å². The van der Waals surface area contributed by atoms with Crippen molar-refractivity contribution < 1.29 is 0 Å². The quantitative estimate of drug-likeness (QED) is 0.711. The van der Waals surface area contributed by atoms with Crippen LogP contribution in [0, 0.1) is 0 Å². The number of thioether (sulfide) groups is 1. The van der Waals surface area contributed by atoms with E-state index >= 15 is 0 Å². The third kappa shape index (κ3) is 2.99. The molecule has 2 aromatic carbocycles. The van der Waals surface area contributed by atoms with Gasteiger partial charge in [-0.05, 0) is 55.5 Å². The van der Waals surface area contributed by atoms with Crippen molar-refractivity contribution in [2.45, 2.75) is 23.9 Å². The summed E-state index contributed by atoms with van der Waals surface area (Å²) in [4.78, 5) is 0. The number of aromatic nitrogens is 2. The molecule has 1 fully saturated rings. The van der Waals surface area contributed by atoms with Crippen molar-refractivity contribution in [1.82, 2.24) is 15.1 Å². The number of rotatable bonds is 4. The molecule has 1 N–H and O–H groups in total. The van der Waals surface area contributed by atoms with Gasteiger partial charge < -0.3 is 5.32 Å². The monoisotopic (exact) mass is 335 g/mol. The highest BCUT2D eigenvalue weighted by Crippen LogP contribution is 2.29. The van der Waals surface area contributed by atoms with Crippen LogP contribution in [-0.2, 0) is 0 Å². The molecule has 4 heteroatoms. The zero-order valence-corrected chi connectivity index (χ0v) is 14.6. The van der Waals surface area contributed by atoms with Crippen LogP contribution in [0.4, 0.5) is 0 Å². The first-order valence-electron chi connectivity index (χ1n) is 8.39. The molecule has 0 amide bonds. The maximum Gasteiger partial charge on any atom is 0.126 e. The normalized spacial score (nSPS) is 18.0. The van der Waals surface area contributed by atoms with Crippen LogP contribution in [0.1, 0.15) is 18.4 Å². The largest absolute Gasteiger partial charge is 0.311 e. The van der Waals surface area contributed by atoms with Crippen molar-refractivity contribution in [1.29, 1.82) is 0 Å². The highest BCUT2D eigenvalue weighted by atomic mass is 32.2. The molecule has 1 saturated heterocycles. The van der Waals surface area contributed by atoms with Crippen molar-refractivity contribution >= 4 is 28.7 Å². The van der Waals surface area contributed by atoms with Gasteiger partial charge in [0.25, 0.3) is 0 Å². The molecular weight excluding hydrogens is 314 g/mol. The molecule has 1 atom stereocenters. The number of nitrogens with zero attached hydrogens (tertiary/aromatic N) is 2. The molecule has 0 spiro atoms. The summed E-state index contributed by atoms with van der Waals surface area (Å²) in [6.45, 7) is 1.13. The number of para-hydroxylation sites is 1. The summed E-state index contributed by atoms with van der Waals surface area (Å²) in [6, 6.07) is 17.5. The van der Waals surface area contributed by atoms with Gasteiger partial charge in [0, 0.05) is 11.4 Å². The topological polar surface area (TPSA) is 29.9 Å². The van der Waals surface area contributed by atoms with Gasteiger partial charge in [0.05, 0.1) is 11.2 Å². The smallest absolute Gasteiger partial charge is 0.126 e. The summed E-state index contributed by atoms with van der Waals surface area (Å²) < 4.78 is 2.05. The number of fused-ring (bicyclic) bond motifs is 1. The van der Waals surface area contributed by atoms with Gasteiger partial charge in [-0.1, -0.05) is 36.4 Å². The third-order valence-corrected chi connectivity index (χ3v) is 5.17. The summed E-state index contributed by atoms with van der Waals surface area (Å²) in [6.07, 6.45) is 9.09. The molecule has 0 saturated carbocycles. The second kappa shape index (κ2) is 6.83. The van der Waals surface area contributed by atoms with Gasteiger partial charge in [0.15, 0.2) is 0 Å². The molecule has 0 aliphatic carbocycles. The van der Waals surface area contributed by atoms with E-state index in [4.69, 9.17) is 5.10 Å². The van der Waals surface area contributed by atoms with E-state index in [1.54, 1.807) is 11.8 Å². The Bertz CT molecular complexity index is 861. The van der Waals surface area contributed by atoms with E-state index in [9.17, 15) is 0 Å². The van der Waals surface area contributed by atoms with E-state index in [0.29, 0.717) is 6.04 Å². The second-order valence-corrected chi connectivity index (χ2v) is 6.89. The Balaban J connectivity index is 1.76. The standard InChI is InChI=1S/C20H21N3S/c1-24-20-18-12-10-15(9-11-16-6-5-13-21-16)14-19(18)23(22-20)17-7-3-2-4-8-17/h2-4,7-12,14,16,21H,5-6,13H2,1H3/b11-9+. The number of nitrogens with one attached hydrogen (secondary N) is 1. The van der Waals surface area contributed by atoms with Gasteiger partial charge in [0.1, 0.15) is 5.03 Å². The van der Waals surface area contributed by atoms with Crippen molar-refractivity contribution in [2.75, 3.05) is 12.8 Å². The van der Waals surface area contributed by atoms with Gasteiger partial charge in [-0.25, -0.2) is 4.68 Å². The van der Waals surface area contributed by atoms with E-state index in [0.717, 1.165) is 22.8 Å². The molecule has 3 aromatic rings. The summed E-state index contributed by atoms with van der Waals surface area (Å²) in [5.41, 5.74) is 3.48. The van der Waals surface area contributed by atoms with E-state index < -0.39 is 0 Å². The molecule has 1 aromatic heterocycles. The lowest BCUT2D eigenvalue weighted by atomic mass is 10.1. The van der Waals surface area contributed by atoms with Crippen molar-refractivity contribution in [3.8, 4) is 5.69 Å². The minimum atomic E-state index is 0.515. The lowest BCUT2D eigenvalue weighted by Gasteiger charge is -2.05. The van der Waals surface area contributed by atoms with Crippen LogP contribution in [0.25, 0.3) is 22.7 Å². The van der Waals surface area contributed by atoms with Gasteiger partial charge in [0.2, 0.25) is 0 Å². The first kappa shape index (κ1) is 15.5. The third-order valence-electron chi connectivity index (χ3n) is 4.48. The number of benzene rings is 2. The van der Waals surface area contributed by atoms with Crippen molar-refractivity contribution in [3.63, 3.8) is 0 Å². The molecule has 0 radical (unpaired) electrons. The fourth-order valence-electron chi connectivity index (χ4n) is 3.23. The first-order valence-corrected chi connectivity index (χ1v) is 9.61.